The summed E-state index contributed by atoms with van der Waals surface area (Å²) in [6, 6.07) is 27.7. The summed E-state index contributed by atoms with van der Waals surface area (Å²) < 4.78 is 5.73. The first-order valence-electron chi connectivity index (χ1n) is 9.02. The fraction of sp³-hybridized carbons (Fsp3) is 0. The molecule has 0 bridgehead atoms. The summed E-state index contributed by atoms with van der Waals surface area (Å²) in [6.07, 6.45) is 1.65. The number of furan rings is 1. The van der Waals surface area contributed by atoms with Crippen LogP contribution in [-0.2, 0) is 0 Å². The molecular weight excluding hydrogens is 348 g/mol. The van der Waals surface area contributed by atoms with Gasteiger partial charge in [-0.2, -0.15) is 5.10 Å². The lowest BCUT2D eigenvalue weighted by molar-refractivity contribution is 0.0929. The molecule has 4 heteroatoms. The molecule has 5 rings (SSSR count). The van der Waals surface area contributed by atoms with E-state index in [1.54, 1.807) is 12.3 Å². The molecule has 0 atom stereocenters. The van der Waals surface area contributed by atoms with Crippen molar-refractivity contribution in [2.45, 2.75) is 0 Å². The molecule has 0 radical (unpaired) electrons. The van der Waals surface area contributed by atoms with E-state index in [9.17, 15) is 4.79 Å². The molecule has 0 spiro atoms. The second-order valence-corrected chi connectivity index (χ2v) is 6.58. The zero-order valence-corrected chi connectivity index (χ0v) is 14.9. The largest absolute Gasteiger partial charge is 0.451 e. The second kappa shape index (κ2) is 6.67. The van der Waals surface area contributed by atoms with Crippen molar-refractivity contribution >= 4 is 44.6 Å². The molecule has 0 unspecified atom stereocenters. The number of benzene rings is 4. The van der Waals surface area contributed by atoms with Gasteiger partial charge in [0.1, 0.15) is 5.58 Å². The van der Waals surface area contributed by atoms with Gasteiger partial charge in [0.2, 0.25) is 0 Å². The summed E-state index contributed by atoms with van der Waals surface area (Å²) in [5.41, 5.74) is 4.18. The summed E-state index contributed by atoms with van der Waals surface area (Å²) in [4.78, 5) is 12.5. The Hall–Kier alpha value is -3.92. The summed E-state index contributed by atoms with van der Waals surface area (Å²) in [5.74, 6) is -0.141. The average molecular weight is 364 g/mol. The van der Waals surface area contributed by atoms with E-state index in [1.165, 1.54) is 0 Å². The molecule has 0 fully saturated rings. The monoisotopic (exact) mass is 364 g/mol. The van der Waals surface area contributed by atoms with Gasteiger partial charge in [-0.05, 0) is 33.7 Å². The lowest BCUT2D eigenvalue weighted by Crippen LogP contribution is -2.16. The second-order valence-electron chi connectivity index (χ2n) is 6.58. The minimum atomic E-state index is -0.378. The highest BCUT2D eigenvalue weighted by Crippen LogP contribution is 2.28. The van der Waals surface area contributed by atoms with E-state index < -0.39 is 0 Å². The number of hydrogen-bond donors (Lipinski definition) is 1. The van der Waals surface area contributed by atoms with Gasteiger partial charge in [0.05, 0.1) is 6.21 Å². The lowest BCUT2D eigenvalue weighted by atomic mass is 10.1. The van der Waals surface area contributed by atoms with Crippen LogP contribution in [0.2, 0.25) is 0 Å². The molecule has 1 amide bonds. The Labute approximate surface area is 161 Å². The van der Waals surface area contributed by atoms with Crippen molar-refractivity contribution < 1.29 is 9.21 Å². The number of carbonyl (C=O) groups is 1. The van der Waals surface area contributed by atoms with Gasteiger partial charge in [-0.3, -0.25) is 4.79 Å². The van der Waals surface area contributed by atoms with Crippen LogP contribution in [0.25, 0.3) is 32.5 Å². The third-order valence-electron chi connectivity index (χ3n) is 4.84. The lowest BCUT2D eigenvalue weighted by Gasteiger charge is -2.01. The maximum absolute atomic E-state index is 12.5. The molecule has 0 saturated carbocycles. The number of carbonyl (C=O) groups excluding carboxylic acids is 1. The van der Waals surface area contributed by atoms with Crippen LogP contribution in [0.4, 0.5) is 0 Å². The molecule has 134 valence electrons. The quantitative estimate of drug-likeness (QED) is 0.339. The maximum atomic E-state index is 12.5. The highest BCUT2D eigenvalue weighted by Gasteiger charge is 2.13. The maximum Gasteiger partial charge on any atom is 0.307 e. The van der Waals surface area contributed by atoms with Crippen molar-refractivity contribution in [2.75, 3.05) is 0 Å². The fourth-order valence-corrected chi connectivity index (χ4v) is 3.48. The number of fused-ring (bicyclic) bond motifs is 4. The van der Waals surface area contributed by atoms with E-state index in [1.807, 2.05) is 78.9 Å². The van der Waals surface area contributed by atoms with Crippen LogP contribution in [0.5, 0.6) is 0 Å². The van der Waals surface area contributed by atoms with Crippen LogP contribution in [0.3, 0.4) is 0 Å². The van der Waals surface area contributed by atoms with E-state index in [4.69, 9.17) is 4.42 Å². The van der Waals surface area contributed by atoms with Crippen LogP contribution >= 0.6 is 0 Å². The predicted molar refractivity (Wildman–Crippen MR) is 113 cm³/mol. The van der Waals surface area contributed by atoms with E-state index in [0.717, 1.165) is 32.5 Å². The topological polar surface area (TPSA) is 54.6 Å². The molecular formula is C24H16N2O2. The number of nitrogens with zero attached hydrogens (tertiary/aromatic N) is 1. The van der Waals surface area contributed by atoms with E-state index in [-0.39, 0.29) is 11.7 Å². The molecule has 28 heavy (non-hydrogen) atoms. The average Bonchev–Trinajstić information content (AvgIpc) is 3.19. The third kappa shape index (κ3) is 2.81. The Bertz CT molecular complexity index is 1360. The van der Waals surface area contributed by atoms with Crippen molar-refractivity contribution in [3.63, 3.8) is 0 Å². The van der Waals surface area contributed by atoms with Crippen molar-refractivity contribution in [1.29, 1.82) is 0 Å². The van der Waals surface area contributed by atoms with Crippen molar-refractivity contribution in [3.05, 3.63) is 96.3 Å². The number of hydrogen-bond acceptors (Lipinski definition) is 3. The van der Waals surface area contributed by atoms with Gasteiger partial charge in [-0.15, -0.1) is 0 Å². The fourth-order valence-electron chi connectivity index (χ4n) is 3.48. The van der Waals surface area contributed by atoms with Gasteiger partial charge >= 0.3 is 5.91 Å². The predicted octanol–water partition coefficient (Wildman–Crippen LogP) is 5.50. The molecule has 0 aliphatic heterocycles. The molecule has 1 heterocycles. The summed E-state index contributed by atoms with van der Waals surface area (Å²) in [6.45, 7) is 0. The Morgan fingerprint density at radius 3 is 2.36 bits per heavy atom. The zero-order chi connectivity index (χ0) is 18.9. The number of amides is 1. The zero-order valence-electron chi connectivity index (χ0n) is 14.9. The number of rotatable bonds is 3. The standard InChI is InChI=1S/C24H16N2O2/c27-24(26-25-15-18-9-5-8-16-6-1-3-10-19(16)18)23-14-21-20-11-4-2-7-17(20)12-13-22(21)28-23/h1-15H,(H,26,27). The van der Waals surface area contributed by atoms with Crippen LogP contribution in [0.15, 0.2) is 94.4 Å². The van der Waals surface area contributed by atoms with E-state index >= 15 is 0 Å². The van der Waals surface area contributed by atoms with Gasteiger partial charge in [0, 0.05) is 10.9 Å². The first-order chi connectivity index (χ1) is 13.8. The van der Waals surface area contributed by atoms with Gasteiger partial charge in [0.25, 0.3) is 0 Å². The summed E-state index contributed by atoms with van der Waals surface area (Å²) in [5, 5.41) is 9.41. The molecule has 0 saturated heterocycles. The van der Waals surface area contributed by atoms with Gasteiger partial charge < -0.3 is 4.42 Å². The van der Waals surface area contributed by atoms with Crippen LogP contribution in [0, 0.1) is 0 Å². The number of nitrogens with one attached hydrogen (secondary N) is 1. The molecule has 1 aromatic heterocycles. The molecule has 0 aliphatic rings. The molecule has 0 aliphatic carbocycles. The smallest absolute Gasteiger partial charge is 0.307 e. The first kappa shape index (κ1) is 16.3. The minimum Gasteiger partial charge on any atom is -0.451 e. The normalized spacial score (nSPS) is 11.6. The van der Waals surface area contributed by atoms with Crippen molar-refractivity contribution in [3.8, 4) is 0 Å². The molecule has 4 aromatic carbocycles. The minimum absolute atomic E-state index is 0.237. The Balaban J connectivity index is 1.42. The van der Waals surface area contributed by atoms with Crippen molar-refractivity contribution in [2.24, 2.45) is 5.10 Å². The Morgan fingerprint density at radius 2 is 1.50 bits per heavy atom. The van der Waals surface area contributed by atoms with Crippen LogP contribution in [0.1, 0.15) is 16.1 Å². The third-order valence-corrected chi connectivity index (χ3v) is 4.84. The Kier molecular flexibility index (Phi) is 3.87. The Morgan fingerprint density at radius 1 is 0.786 bits per heavy atom. The van der Waals surface area contributed by atoms with Crippen molar-refractivity contribution in [1.82, 2.24) is 5.43 Å². The van der Waals surface area contributed by atoms with E-state index in [0.29, 0.717) is 5.58 Å². The van der Waals surface area contributed by atoms with Crippen LogP contribution in [-0.4, -0.2) is 12.1 Å². The highest BCUT2D eigenvalue weighted by atomic mass is 16.3. The molecule has 4 nitrogen and oxygen atoms in total. The molecule has 5 aromatic rings. The first-order valence-corrected chi connectivity index (χ1v) is 9.02. The molecule has 1 N–H and O–H groups in total. The van der Waals surface area contributed by atoms with Gasteiger partial charge in [-0.1, -0.05) is 72.8 Å². The highest BCUT2D eigenvalue weighted by molar-refractivity contribution is 6.08. The van der Waals surface area contributed by atoms with Crippen LogP contribution < -0.4 is 5.43 Å². The van der Waals surface area contributed by atoms with Gasteiger partial charge in [0.15, 0.2) is 5.76 Å². The SMILES string of the molecule is O=C(NN=Cc1cccc2ccccc12)c1cc2c(ccc3ccccc32)o1. The van der Waals surface area contributed by atoms with E-state index in [2.05, 4.69) is 10.5 Å². The number of hydrazone groups is 1. The summed E-state index contributed by atoms with van der Waals surface area (Å²) in [7, 11) is 0. The summed E-state index contributed by atoms with van der Waals surface area (Å²) >= 11 is 0. The van der Waals surface area contributed by atoms with Gasteiger partial charge in [-0.25, -0.2) is 5.43 Å².